The molecule has 0 spiro atoms. The molecular weight excluding hydrogens is 220 g/mol. The lowest BCUT2D eigenvalue weighted by molar-refractivity contribution is -0.161. The second-order valence-electron chi connectivity index (χ2n) is 5.79. The van der Waals surface area contributed by atoms with Crippen LogP contribution in [0.15, 0.2) is 12.2 Å². The zero-order valence-corrected chi connectivity index (χ0v) is 9.59. The molecule has 7 atom stereocenters. The van der Waals surface area contributed by atoms with Crippen LogP contribution in [-0.2, 0) is 19.1 Å². The Balaban J connectivity index is 1.61. The lowest BCUT2D eigenvalue weighted by Crippen LogP contribution is -2.33. The van der Waals surface area contributed by atoms with E-state index < -0.39 is 0 Å². The van der Waals surface area contributed by atoms with Crippen LogP contribution < -0.4 is 0 Å². The predicted molar refractivity (Wildman–Crippen MR) is 56.6 cm³/mol. The van der Waals surface area contributed by atoms with Crippen LogP contribution in [0.4, 0.5) is 0 Å². The Hall–Kier alpha value is -1.32. The second-order valence-corrected chi connectivity index (χ2v) is 5.79. The molecule has 3 saturated carbocycles. The molecule has 4 rings (SSSR count). The molecule has 0 amide bonds. The molecule has 0 radical (unpaired) electrons. The van der Waals surface area contributed by atoms with Gasteiger partial charge in [0.15, 0.2) is 0 Å². The molecule has 4 fully saturated rings. The van der Waals surface area contributed by atoms with Crippen LogP contribution in [0.1, 0.15) is 13.3 Å². The lowest BCUT2D eigenvalue weighted by atomic mass is 9.94. The third kappa shape index (κ3) is 0.996. The molecule has 0 bridgehead atoms. The van der Waals surface area contributed by atoms with Crippen LogP contribution in [-0.4, -0.2) is 24.1 Å². The predicted octanol–water partition coefficient (Wildman–Crippen LogP) is 0.912. The summed E-state index contributed by atoms with van der Waals surface area (Å²) in [4.78, 5) is 23.2. The van der Waals surface area contributed by atoms with Crippen molar-refractivity contribution in [1.29, 1.82) is 0 Å². The van der Waals surface area contributed by atoms with Gasteiger partial charge in [-0.05, 0) is 25.2 Å². The molecule has 3 aliphatic carbocycles. The molecule has 17 heavy (non-hydrogen) atoms. The molecule has 1 saturated heterocycles. The van der Waals surface area contributed by atoms with Crippen molar-refractivity contribution in [3.63, 3.8) is 0 Å². The average molecular weight is 234 g/mol. The van der Waals surface area contributed by atoms with E-state index in [9.17, 15) is 9.59 Å². The Morgan fingerprint density at radius 3 is 2.88 bits per heavy atom. The molecule has 1 heterocycles. The first kappa shape index (κ1) is 9.68. The van der Waals surface area contributed by atoms with E-state index in [4.69, 9.17) is 9.47 Å². The molecule has 0 aromatic carbocycles. The summed E-state index contributed by atoms with van der Waals surface area (Å²) in [6.45, 7) is 5.22. The number of carbonyl (C=O) groups is 2. The first-order chi connectivity index (χ1) is 8.09. The van der Waals surface area contributed by atoms with Gasteiger partial charge in [-0.15, -0.1) is 0 Å². The summed E-state index contributed by atoms with van der Waals surface area (Å²) in [7, 11) is 0. The average Bonchev–Trinajstić information content (AvgIpc) is 2.57. The highest BCUT2D eigenvalue weighted by atomic mass is 16.6. The number of esters is 2. The van der Waals surface area contributed by atoms with E-state index >= 15 is 0 Å². The second kappa shape index (κ2) is 2.74. The topological polar surface area (TPSA) is 52.6 Å². The fourth-order valence-electron chi connectivity index (χ4n) is 4.34. The van der Waals surface area contributed by atoms with Crippen molar-refractivity contribution in [1.82, 2.24) is 0 Å². The molecule has 0 aromatic heterocycles. The highest BCUT2D eigenvalue weighted by molar-refractivity contribution is 5.87. The van der Waals surface area contributed by atoms with Crippen LogP contribution in [0, 0.1) is 29.6 Å². The fourth-order valence-corrected chi connectivity index (χ4v) is 4.34. The van der Waals surface area contributed by atoms with E-state index in [0.29, 0.717) is 29.2 Å². The van der Waals surface area contributed by atoms with Crippen molar-refractivity contribution in [3.8, 4) is 0 Å². The zero-order valence-electron chi connectivity index (χ0n) is 9.59. The molecule has 4 nitrogen and oxygen atoms in total. The lowest BCUT2D eigenvalue weighted by Gasteiger charge is -2.22. The summed E-state index contributed by atoms with van der Waals surface area (Å²) < 4.78 is 10.9. The van der Waals surface area contributed by atoms with Crippen LogP contribution in [0.25, 0.3) is 0 Å². The smallest absolute Gasteiger partial charge is 0.333 e. The minimum absolute atomic E-state index is 0.0815. The van der Waals surface area contributed by atoms with Crippen molar-refractivity contribution in [3.05, 3.63) is 12.2 Å². The Morgan fingerprint density at radius 1 is 1.41 bits per heavy atom. The van der Waals surface area contributed by atoms with Gasteiger partial charge in [-0.3, -0.25) is 4.79 Å². The Labute approximate surface area is 99.0 Å². The minimum Gasteiger partial charge on any atom is -0.458 e. The minimum atomic E-state index is -0.360. The third-order valence-electron chi connectivity index (χ3n) is 4.96. The highest BCUT2D eigenvalue weighted by Gasteiger charge is 2.78. The van der Waals surface area contributed by atoms with Crippen LogP contribution >= 0.6 is 0 Å². The summed E-state index contributed by atoms with van der Waals surface area (Å²) in [5.41, 5.74) is 0.405. The van der Waals surface area contributed by atoms with Gasteiger partial charge in [-0.25, -0.2) is 4.79 Å². The van der Waals surface area contributed by atoms with Gasteiger partial charge in [0.1, 0.15) is 12.2 Å². The van der Waals surface area contributed by atoms with E-state index in [1.165, 1.54) is 0 Å². The normalized spacial score (nSPS) is 52.1. The van der Waals surface area contributed by atoms with E-state index in [2.05, 4.69) is 6.58 Å². The summed E-state index contributed by atoms with van der Waals surface area (Å²) in [5.74, 6) is 1.57. The first-order valence-corrected chi connectivity index (χ1v) is 6.16. The molecule has 0 N–H and O–H groups in total. The van der Waals surface area contributed by atoms with E-state index in [-0.39, 0.29) is 30.1 Å². The number of hydrogen-bond acceptors (Lipinski definition) is 4. The Kier molecular flexibility index (Phi) is 1.56. The van der Waals surface area contributed by atoms with Gasteiger partial charge in [0.2, 0.25) is 0 Å². The molecule has 0 aromatic rings. The number of carbonyl (C=O) groups excluding carboxylic acids is 2. The fraction of sp³-hybridized carbons (Fsp3) is 0.692. The summed E-state index contributed by atoms with van der Waals surface area (Å²) >= 11 is 0. The number of ether oxygens (including phenoxy) is 2. The van der Waals surface area contributed by atoms with Gasteiger partial charge in [-0.2, -0.15) is 0 Å². The van der Waals surface area contributed by atoms with Gasteiger partial charge in [0.25, 0.3) is 0 Å². The van der Waals surface area contributed by atoms with Crippen molar-refractivity contribution in [2.24, 2.45) is 29.6 Å². The van der Waals surface area contributed by atoms with Crippen molar-refractivity contribution < 1.29 is 19.1 Å². The van der Waals surface area contributed by atoms with Gasteiger partial charge in [0.05, 0.1) is 5.92 Å². The summed E-state index contributed by atoms with van der Waals surface area (Å²) in [5, 5.41) is 0. The third-order valence-corrected chi connectivity index (χ3v) is 4.96. The van der Waals surface area contributed by atoms with E-state index in [1.807, 2.05) is 0 Å². The van der Waals surface area contributed by atoms with Gasteiger partial charge < -0.3 is 9.47 Å². The van der Waals surface area contributed by atoms with E-state index in [0.717, 1.165) is 6.42 Å². The maximum atomic E-state index is 11.6. The van der Waals surface area contributed by atoms with Crippen molar-refractivity contribution >= 4 is 11.9 Å². The largest absolute Gasteiger partial charge is 0.458 e. The Morgan fingerprint density at radius 2 is 2.18 bits per heavy atom. The van der Waals surface area contributed by atoms with Crippen LogP contribution in [0.3, 0.4) is 0 Å². The zero-order chi connectivity index (χ0) is 11.9. The van der Waals surface area contributed by atoms with Crippen LogP contribution in [0.5, 0.6) is 0 Å². The molecular formula is C13H14O4. The standard InChI is InChI=1S/C13H14O4/c1-4(2)12(14)16-10-8-5-3-6-9(7(5)8)11(10)17-13(6)15/h5-11H,1,3H2,2H3. The molecule has 7 unspecified atom stereocenters. The van der Waals surface area contributed by atoms with Crippen molar-refractivity contribution in [2.75, 3.05) is 0 Å². The number of hydrogen-bond donors (Lipinski definition) is 0. The maximum Gasteiger partial charge on any atom is 0.333 e. The number of fused-ring (bicyclic) bond motifs is 1. The first-order valence-electron chi connectivity index (χ1n) is 6.16. The molecule has 4 aliphatic rings. The van der Waals surface area contributed by atoms with Crippen molar-refractivity contribution in [2.45, 2.75) is 25.6 Å². The number of rotatable bonds is 2. The monoisotopic (exact) mass is 234 g/mol. The Bertz CT molecular complexity index is 454. The quantitative estimate of drug-likeness (QED) is 0.526. The molecule has 4 heteroatoms. The van der Waals surface area contributed by atoms with Gasteiger partial charge in [-0.1, -0.05) is 6.58 Å². The summed E-state index contributed by atoms with van der Waals surface area (Å²) in [6.07, 6.45) is 0.552. The van der Waals surface area contributed by atoms with Gasteiger partial charge in [0, 0.05) is 17.4 Å². The molecule has 90 valence electrons. The van der Waals surface area contributed by atoms with Crippen LogP contribution in [0.2, 0.25) is 0 Å². The molecule has 1 aliphatic heterocycles. The summed E-state index contributed by atoms with van der Waals surface area (Å²) in [6, 6.07) is 0. The SMILES string of the molecule is C=C(C)C(=O)OC1C2OC(=O)C3CC4C1C4C32. The van der Waals surface area contributed by atoms with Gasteiger partial charge >= 0.3 is 11.9 Å². The van der Waals surface area contributed by atoms with E-state index in [1.54, 1.807) is 6.92 Å². The maximum absolute atomic E-state index is 11.6. The highest BCUT2D eigenvalue weighted by Crippen LogP contribution is 2.73.